The van der Waals surface area contributed by atoms with Gasteiger partial charge in [0.2, 0.25) is 11.8 Å². The van der Waals surface area contributed by atoms with Crippen LogP contribution in [-0.2, 0) is 14.4 Å². The van der Waals surface area contributed by atoms with Crippen molar-refractivity contribution in [3.8, 4) is 5.75 Å². The van der Waals surface area contributed by atoms with Gasteiger partial charge in [-0.1, -0.05) is 18.2 Å². The number of anilines is 1. The fraction of sp³-hybridized carbons (Fsp3) is 0.286. The van der Waals surface area contributed by atoms with E-state index in [0.29, 0.717) is 11.3 Å². The lowest BCUT2D eigenvalue weighted by Gasteiger charge is -2.22. The van der Waals surface area contributed by atoms with Gasteiger partial charge in [0.1, 0.15) is 35.6 Å². The van der Waals surface area contributed by atoms with E-state index in [1.807, 2.05) is 19.9 Å². The Labute approximate surface area is 161 Å². The van der Waals surface area contributed by atoms with Crippen molar-refractivity contribution >= 4 is 23.5 Å². The first-order valence-electron chi connectivity index (χ1n) is 9.09. The van der Waals surface area contributed by atoms with Gasteiger partial charge in [-0.2, -0.15) is 0 Å². The second kappa shape index (κ2) is 6.45. The Morgan fingerprint density at radius 1 is 1.04 bits per heavy atom. The number of carbonyl (C=O) groups excluding carboxylic acids is 3. The monoisotopic (exact) mass is 380 g/mol. The van der Waals surface area contributed by atoms with Crippen LogP contribution >= 0.6 is 0 Å². The van der Waals surface area contributed by atoms with Gasteiger partial charge in [-0.25, -0.2) is 4.90 Å². The smallest absolute Gasteiger partial charge is 0.244 e. The second-order valence-corrected chi connectivity index (χ2v) is 7.53. The van der Waals surface area contributed by atoms with Gasteiger partial charge in [0.15, 0.2) is 0 Å². The molecule has 0 spiro atoms. The third-order valence-corrected chi connectivity index (χ3v) is 5.62. The first-order chi connectivity index (χ1) is 13.3. The van der Waals surface area contributed by atoms with Crippen molar-refractivity contribution in [3.05, 3.63) is 59.2 Å². The molecule has 4 rings (SSSR count). The van der Waals surface area contributed by atoms with Gasteiger partial charge in [-0.3, -0.25) is 9.59 Å². The summed E-state index contributed by atoms with van der Waals surface area (Å²) in [6.07, 6.45) is 0. The van der Waals surface area contributed by atoms with E-state index >= 15 is 0 Å². The molecular formula is C21H20N2O5. The molecule has 0 aliphatic carbocycles. The first kappa shape index (κ1) is 18.2. The number of hydrogen-bond donors (Lipinski definition) is 2. The average Bonchev–Trinajstić information content (AvgIpc) is 3.12. The normalized spacial score (nSPS) is 26.6. The van der Waals surface area contributed by atoms with Gasteiger partial charge < -0.3 is 20.3 Å². The molecule has 2 aromatic rings. The highest BCUT2D eigenvalue weighted by atomic mass is 16.4. The Hall–Kier alpha value is -3.19. The maximum absolute atomic E-state index is 13.3. The molecule has 2 aliphatic heterocycles. The molecule has 2 amide bonds. The molecule has 28 heavy (non-hydrogen) atoms. The number of aryl methyl sites for hydroxylation is 2. The Morgan fingerprint density at radius 2 is 1.64 bits per heavy atom. The van der Waals surface area contributed by atoms with Crippen LogP contribution in [0.3, 0.4) is 0 Å². The number of imide groups is 1. The van der Waals surface area contributed by atoms with E-state index < -0.39 is 41.7 Å². The number of aromatic hydroxyl groups is 1. The molecule has 2 aromatic carbocycles. The van der Waals surface area contributed by atoms with Crippen LogP contribution in [0.4, 0.5) is 5.69 Å². The van der Waals surface area contributed by atoms with Crippen LogP contribution in [0.2, 0.25) is 0 Å². The van der Waals surface area contributed by atoms with Crippen LogP contribution in [0.5, 0.6) is 5.75 Å². The van der Waals surface area contributed by atoms with Gasteiger partial charge in [0.05, 0.1) is 11.3 Å². The zero-order valence-corrected chi connectivity index (χ0v) is 15.5. The van der Waals surface area contributed by atoms with Crippen LogP contribution in [0.25, 0.3) is 0 Å². The van der Waals surface area contributed by atoms with Crippen molar-refractivity contribution < 1.29 is 29.9 Å². The minimum Gasteiger partial charge on any atom is -0.544 e. The summed E-state index contributed by atoms with van der Waals surface area (Å²) in [5, 5.41) is 23.4. The number of benzene rings is 2. The molecule has 2 saturated heterocycles. The number of carboxylic acid groups (broad SMARTS) is 1. The van der Waals surface area contributed by atoms with E-state index in [-0.39, 0.29) is 5.75 Å². The van der Waals surface area contributed by atoms with Crippen molar-refractivity contribution in [2.24, 2.45) is 11.8 Å². The number of quaternary nitrogens is 1. The van der Waals surface area contributed by atoms with Crippen molar-refractivity contribution in [1.29, 1.82) is 0 Å². The van der Waals surface area contributed by atoms with Crippen LogP contribution in [0.1, 0.15) is 22.7 Å². The average molecular weight is 380 g/mol. The minimum absolute atomic E-state index is 0.0356. The number of nitrogens with two attached hydrogens (primary N) is 1. The summed E-state index contributed by atoms with van der Waals surface area (Å²) < 4.78 is 0. The molecule has 2 fully saturated rings. The Kier molecular flexibility index (Phi) is 4.19. The number of phenols is 1. The molecule has 7 nitrogen and oxygen atoms in total. The van der Waals surface area contributed by atoms with Crippen LogP contribution in [0, 0.1) is 25.7 Å². The largest absolute Gasteiger partial charge is 0.544 e. The van der Waals surface area contributed by atoms with Crippen LogP contribution in [0.15, 0.2) is 42.5 Å². The Bertz CT molecular complexity index is 982. The molecule has 3 N–H and O–H groups in total. The Balaban J connectivity index is 1.81. The SMILES string of the molecule is Cc1cc(C)cc(N2C(=O)[C@@H]3[C@H](C2=O)[C@@H](c2ccccc2O)[NH2+][C@@H]3C(=O)[O-])c1. The van der Waals surface area contributed by atoms with Crippen molar-refractivity contribution in [2.45, 2.75) is 25.9 Å². The van der Waals surface area contributed by atoms with E-state index in [1.54, 1.807) is 30.3 Å². The van der Waals surface area contributed by atoms with Gasteiger partial charge in [-0.05, 0) is 49.2 Å². The standard InChI is InChI=1S/C21H20N2O5/c1-10-7-11(2)9-12(8-10)23-19(25)15-16(20(23)26)18(21(27)28)22-17(15)13-5-3-4-6-14(13)24/h3-9,15-18,22,24H,1-2H3,(H,27,28)/t15-,16+,17+,18-/m0/s1. The van der Waals surface area contributed by atoms with Gasteiger partial charge in [-0.15, -0.1) is 0 Å². The van der Waals surface area contributed by atoms with E-state index in [9.17, 15) is 24.6 Å². The molecule has 7 heteroatoms. The summed E-state index contributed by atoms with van der Waals surface area (Å²) in [6, 6.07) is 9.99. The lowest BCUT2D eigenvalue weighted by Crippen LogP contribution is -2.92. The highest BCUT2D eigenvalue weighted by Crippen LogP contribution is 2.43. The molecule has 4 atom stereocenters. The van der Waals surface area contributed by atoms with E-state index in [4.69, 9.17) is 0 Å². The second-order valence-electron chi connectivity index (χ2n) is 7.53. The molecule has 0 aromatic heterocycles. The van der Waals surface area contributed by atoms with Crippen molar-refractivity contribution in [2.75, 3.05) is 4.90 Å². The third kappa shape index (κ3) is 2.66. The molecule has 2 aliphatic rings. The van der Waals surface area contributed by atoms with E-state index in [2.05, 4.69) is 0 Å². The molecule has 144 valence electrons. The molecule has 0 saturated carbocycles. The van der Waals surface area contributed by atoms with Gasteiger partial charge in [0, 0.05) is 0 Å². The minimum atomic E-state index is -1.39. The topological polar surface area (TPSA) is 114 Å². The fourth-order valence-corrected chi connectivity index (χ4v) is 4.56. The summed E-state index contributed by atoms with van der Waals surface area (Å²) in [5.74, 6) is -4.34. The number of para-hydroxylation sites is 1. The molecular weight excluding hydrogens is 360 g/mol. The number of carbonyl (C=O) groups is 3. The number of nitrogens with zero attached hydrogens (tertiary/aromatic N) is 1. The highest BCUT2D eigenvalue weighted by molar-refractivity contribution is 6.23. The van der Waals surface area contributed by atoms with Crippen molar-refractivity contribution in [3.63, 3.8) is 0 Å². The summed E-state index contributed by atoms with van der Waals surface area (Å²) in [5.41, 5.74) is 2.67. The predicted octanol–water partition coefficient (Wildman–Crippen LogP) is -0.449. The number of fused-ring (bicyclic) bond motifs is 1. The number of aliphatic carboxylic acids is 1. The molecule has 0 unspecified atom stereocenters. The number of hydrogen-bond acceptors (Lipinski definition) is 5. The summed E-state index contributed by atoms with van der Waals surface area (Å²) in [6.45, 7) is 3.73. The lowest BCUT2D eigenvalue weighted by atomic mass is 9.86. The Morgan fingerprint density at radius 3 is 2.25 bits per heavy atom. The van der Waals surface area contributed by atoms with E-state index in [1.165, 1.54) is 11.4 Å². The number of carboxylic acids is 1. The number of rotatable bonds is 3. The van der Waals surface area contributed by atoms with Crippen molar-refractivity contribution in [1.82, 2.24) is 0 Å². The third-order valence-electron chi connectivity index (χ3n) is 5.62. The summed E-state index contributed by atoms with van der Waals surface area (Å²) in [4.78, 5) is 39.2. The predicted molar refractivity (Wildman–Crippen MR) is 97.0 cm³/mol. The van der Waals surface area contributed by atoms with E-state index in [0.717, 1.165) is 16.0 Å². The highest BCUT2D eigenvalue weighted by Gasteiger charge is 2.63. The lowest BCUT2D eigenvalue weighted by molar-refractivity contribution is -0.705. The van der Waals surface area contributed by atoms with Crippen LogP contribution in [-0.4, -0.2) is 28.9 Å². The molecule has 0 radical (unpaired) electrons. The number of amides is 2. The van der Waals surface area contributed by atoms with Gasteiger partial charge in [0.25, 0.3) is 0 Å². The number of phenolic OH excluding ortho intramolecular Hbond substituents is 1. The molecule has 2 heterocycles. The first-order valence-corrected chi connectivity index (χ1v) is 9.09. The maximum atomic E-state index is 13.3. The van der Waals surface area contributed by atoms with Crippen LogP contribution < -0.4 is 15.3 Å². The fourth-order valence-electron chi connectivity index (χ4n) is 4.56. The quantitative estimate of drug-likeness (QED) is 0.700. The zero-order chi connectivity index (χ0) is 20.2. The summed E-state index contributed by atoms with van der Waals surface area (Å²) >= 11 is 0. The van der Waals surface area contributed by atoms with Gasteiger partial charge >= 0.3 is 0 Å². The maximum Gasteiger partial charge on any atom is 0.244 e. The summed E-state index contributed by atoms with van der Waals surface area (Å²) in [7, 11) is 0. The molecule has 0 bridgehead atoms. The zero-order valence-electron chi connectivity index (χ0n) is 15.5.